The quantitative estimate of drug-likeness (QED) is 0.601. The monoisotopic (exact) mass is 463 g/mol. The van der Waals surface area contributed by atoms with Crippen molar-refractivity contribution in [2.24, 2.45) is 0 Å². The Morgan fingerprint density at radius 1 is 0.765 bits per heavy atom. The maximum atomic E-state index is 13.5. The number of hydrogen-bond donors (Lipinski definition) is 1. The van der Waals surface area contributed by atoms with E-state index in [1.165, 1.54) is 24.3 Å². The molecule has 2 amide bonds. The fourth-order valence-corrected chi connectivity index (χ4v) is 4.31. The normalized spacial score (nSPS) is 15.2. The summed E-state index contributed by atoms with van der Waals surface area (Å²) in [6, 6.07) is 20.6. The minimum Gasteiger partial charge on any atom is -0.341 e. The minimum atomic E-state index is -0.649. The van der Waals surface area contributed by atoms with Crippen molar-refractivity contribution in [3.8, 4) is 0 Å². The molecule has 1 saturated heterocycles. The second-order valence-corrected chi connectivity index (χ2v) is 8.43. The highest BCUT2D eigenvalue weighted by Gasteiger charge is 2.30. The van der Waals surface area contributed by atoms with Crippen molar-refractivity contribution in [1.82, 2.24) is 15.1 Å². The average molecular weight is 464 g/mol. The van der Waals surface area contributed by atoms with Crippen LogP contribution in [0.15, 0.2) is 78.9 Å². The number of halogens is 2. The molecule has 0 aromatic heterocycles. The summed E-state index contributed by atoms with van der Waals surface area (Å²) >= 11 is 0. The molecular weight excluding hydrogens is 436 g/mol. The number of carbonyl (C=O) groups excluding carboxylic acids is 2. The van der Waals surface area contributed by atoms with Gasteiger partial charge in [0, 0.05) is 31.7 Å². The molecule has 7 heteroatoms. The van der Waals surface area contributed by atoms with Gasteiger partial charge in [0.1, 0.15) is 17.7 Å². The fourth-order valence-electron chi connectivity index (χ4n) is 4.31. The van der Waals surface area contributed by atoms with Crippen LogP contribution in [0.3, 0.4) is 0 Å². The Morgan fingerprint density at radius 2 is 1.26 bits per heavy atom. The Bertz CT molecular complexity index is 1070. The Labute approximate surface area is 198 Å². The number of amides is 2. The molecule has 1 aliphatic heterocycles. The van der Waals surface area contributed by atoms with Crippen molar-refractivity contribution in [2.45, 2.75) is 19.0 Å². The van der Waals surface area contributed by atoms with E-state index in [-0.39, 0.29) is 29.5 Å². The lowest BCUT2D eigenvalue weighted by Crippen LogP contribution is -2.54. The van der Waals surface area contributed by atoms with E-state index < -0.39 is 6.04 Å². The predicted octanol–water partition coefficient (Wildman–Crippen LogP) is 4.02. The Hall–Kier alpha value is -3.58. The van der Waals surface area contributed by atoms with Crippen LogP contribution in [-0.4, -0.2) is 53.8 Å². The summed E-state index contributed by atoms with van der Waals surface area (Å²) in [6.45, 7) is 3.84. The lowest BCUT2D eigenvalue weighted by Gasteiger charge is -2.40. The minimum absolute atomic E-state index is 0.135. The average Bonchev–Trinajstić information content (AvgIpc) is 2.87. The summed E-state index contributed by atoms with van der Waals surface area (Å²) in [5, 5.41) is 2.77. The molecule has 1 N–H and O–H groups in total. The van der Waals surface area contributed by atoms with E-state index in [4.69, 9.17) is 0 Å². The summed E-state index contributed by atoms with van der Waals surface area (Å²) in [5.74, 6) is -1.05. The highest BCUT2D eigenvalue weighted by atomic mass is 19.1. The van der Waals surface area contributed by atoms with E-state index in [1.54, 1.807) is 60.4 Å². The number of piperazine rings is 1. The van der Waals surface area contributed by atoms with Crippen molar-refractivity contribution >= 4 is 11.8 Å². The number of benzene rings is 3. The van der Waals surface area contributed by atoms with Gasteiger partial charge in [-0.15, -0.1) is 0 Å². The first-order valence-corrected chi connectivity index (χ1v) is 11.3. The van der Waals surface area contributed by atoms with Gasteiger partial charge in [-0.25, -0.2) is 8.78 Å². The standard InChI is InChI=1S/C27H27F2N3O2/c1-19(30-26(33)22-5-3-2-4-6-22)27(34)32-17-15-31(16-18-32)25(20-7-11-23(28)12-8-20)21-9-13-24(29)14-10-21/h2-14,19,25H,15-18H2,1H3,(H,30,33). The third-order valence-electron chi connectivity index (χ3n) is 6.12. The largest absolute Gasteiger partial charge is 0.341 e. The third-order valence-corrected chi connectivity index (χ3v) is 6.12. The van der Waals surface area contributed by atoms with E-state index in [1.807, 2.05) is 6.07 Å². The molecule has 34 heavy (non-hydrogen) atoms. The molecule has 1 aliphatic rings. The van der Waals surface area contributed by atoms with Crippen molar-refractivity contribution in [2.75, 3.05) is 26.2 Å². The number of nitrogens with zero attached hydrogens (tertiary/aromatic N) is 2. The first-order chi connectivity index (χ1) is 16.4. The first kappa shape index (κ1) is 23.6. The molecule has 0 aliphatic carbocycles. The molecule has 5 nitrogen and oxygen atoms in total. The molecule has 3 aromatic rings. The smallest absolute Gasteiger partial charge is 0.251 e. The summed E-state index contributed by atoms with van der Waals surface area (Å²) < 4.78 is 27.0. The second kappa shape index (κ2) is 10.6. The van der Waals surface area contributed by atoms with E-state index in [9.17, 15) is 18.4 Å². The van der Waals surface area contributed by atoms with Crippen LogP contribution < -0.4 is 5.32 Å². The van der Waals surface area contributed by atoms with E-state index in [0.29, 0.717) is 31.7 Å². The predicted molar refractivity (Wildman–Crippen MR) is 126 cm³/mol. The van der Waals surface area contributed by atoms with Gasteiger partial charge in [0.05, 0.1) is 6.04 Å². The molecular formula is C27H27F2N3O2. The molecule has 4 rings (SSSR count). The lowest BCUT2D eigenvalue weighted by molar-refractivity contribution is -0.134. The van der Waals surface area contributed by atoms with E-state index >= 15 is 0 Å². The van der Waals surface area contributed by atoms with Crippen molar-refractivity contribution in [3.05, 3.63) is 107 Å². The molecule has 0 bridgehead atoms. The van der Waals surface area contributed by atoms with Crippen LogP contribution in [0.5, 0.6) is 0 Å². The molecule has 0 saturated carbocycles. The van der Waals surface area contributed by atoms with Crippen LogP contribution >= 0.6 is 0 Å². The summed E-state index contributed by atoms with van der Waals surface area (Å²) in [5.41, 5.74) is 2.31. The number of rotatable bonds is 6. The maximum absolute atomic E-state index is 13.5. The van der Waals surface area contributed by atoms with Crippen LogP contribution in [-0.2, 0) is 4.79 Å². The number of carbonyl (C=O) groups is 2. The van der Waals surface area contributed by atoms with Crippen molar-refractivity contribution < 1.29 is 18.4 Å². The topological polar surface area (TPSA) is 52.7 Å². The van der Waals surface area contributed by atoms with Crippen LogP contribution in [0.1, 0.15) is 34.5 Å². The van der Waals surface area contributed by atoms with Crippen LogP contribution in [0, 0.1) is 11.6 Å². The van der Waals surface area contributed by atoms with Crippen LogP contribution in [0.4, 0.5) is 8.78 Å². The highest BCUT2D eigenvalue weighted by Crippen LogP contribution is 2.30. The zero-order valence-corrected chi connectivity index (χ0v) is 19.0. The van der Waals surface area contributed by atoms with Gasteiger partial charge < -0.3 is 10.2 Å². The lowest BCUT2D eigenvalue weighted by atomic mass is 9.96. The van der Waals surface area contributed by atoms with Gasteiger partial charge in [-0.1, -0.05) is 42.5 Å². The summed E-state index contributed by atoms with van der Waals surface area (Å²) in [7, 11) is 0. The molecule has 0 radical (unpaired) electrons. The molecule has 1 heterocycles. The fraction of sp³-hybridized carbons (Fsp3) is 0.259. The second-order valence-electron chi connectivity index (χ2n) is 8.43. The number of hydrogen-bond acceptors (Lipinski definition) is 3. The van der Waals surface area contributed by atoms with Crippen molar-refractivity contribution in [1.29, 1.82) is 0 Å². The number of nitrogens with one attached hydrogen (secondary N) is 1. The van der Waals surface area contributed by atoms with Gasteiger partial charge in [-0.2, -0.15) is 0 Å². The summed E-state index contributed by atoms with van der Waals surface area (Å²) in [4.78, 5) is 29.3. The zero-order chi connectivity index (χ0) is 24.1. The Morgan fingerprint density at radius 3 is 1.76 bits per heavy atom. The van der Waals surface area contributed by atoms with Crippen molar-refractivity contribution in [3.63, 3.8) is 0 Å². The van der Waals surface area contributed by atoms with Gasteiger partial charge in [-0.3, -0.25) is 14.5 Å². The molecule has 1 unspecified atom stereocenters. The van der Waals surface area contributed by atoms with E-state index in [2.05, 4.69) is 10.2 Å². The zero-order valence-electron chi connectivity index (χ0n) is 19.0. The maximum Gasteiger partial charge on any atom is 0.251 e. The molecule has 0 spiro atoms. The third kappa shape index (κ3) is 5.48. The highest BCUT2D eigenvalue weighted by molar-refractivity contribution is 5.97. The molecule has 176 valence electrons. The first-order valence-electron chi connectivity index (χ1n) is 11.3. The van der Waals surface area contributed by atoms with Crippen LogP contribution in [0.2, 0.25) is 0 Å². The van der Waals surface area contributed by atoms with Gasteiger partial charge >= 0.3 is 0 Å². The molecule has 3 aromatic carbocycles. The van der Waals surface area contributed by atoms with Gasteiger partial charge in [0.25, 0.3) is 5.91 Å². The Kier molecular flexibility index (Phi) is 7.33. The van der Waals surface area contributed by atoms with Crippen LogP contribution in [0.25, 0.3) is 0 Å². The Balaban J connectivity index is 1.42. The molecule has 1 atom stereocenters. The molecule has 1 fully saturated rings. The summed E-state index contributed by atoms with van der Waals surface area (Å²) in [6.07, 6.45) is 0. The van der Waals surface area contributed by atoms with E-state index in [0.717, 1.165) is 11.1 Å². The van der Waals surface area contributed by atoms with Gasteiger partial charge in [0.15, 0.2) is 0 Å². The SMILES string of the molecule is CC(NC(=O)c1ccccc1)C(=O)N1CCN(C(c2ccc(F)cc2)c2ccc(F)cc2)CC1. The van der Waals surface area contributed by atoms with Gasteiger partial charge in [-0.05, 0) is 54.4 Å². The van der Waals surface area contributed by atoms with Gasteiger partial charge in [0.2, 0.25) is 5.91 Å².